The standard InChI is InChI=1S/C15H17N3O3/c1-8-5-11(12(6-8)15(19)20)14-17-13(18-21-14)10-3-4-16-7-9(10)2/h3-4,7-8,11-12H,5-6H2,1-2H3,(H,19,20). The first-order valence-corrected chi connectivity index (χ1v) is 7.03. The third kappa shape index (κ3) is 2.53. The Hall–Kier alpha value is -2.24. The Kier molecular flexibility index (Phi) is 3.45. The van der Waals surface area contributed by atoms with Crippen LogP contribution in [0.5, 0.6) is 0 Å². The lowest BCUT2D eigenvalue weighted by molar-refractivity contribution is -0.142. The molecule has 0 spiro atoms. The number of hydrogen-bond donors (Lipinski definition) is 1. The molecule has 2 aromatic heterocycles. The molecule has 3 rings (SSSR count). The van der Waals surface area contributed by atoms with Crippen molar-refractivity contribution in [3.05, 3.63) is 29.9 Å². The fraction of sp³-hybridized carbons (Fsp3) is 0.467. The van der Waals surface area contributed by atoms with E-state index in [4.69, 9.17) is 4.52 Å². The Bertz CT molecular complexity index is 668. The maximum absolute atomic E-state index is 11.4. The summed E-state index contributed by atoms with van der Waals surface area (Å²) in [7, 11) is 0. The maximum Gasteiger partial charge on any atom is 0.307 e. The van der Waals surface area contributed by atoms with Crippen molar-refractivity contribution in [2.75, 3.05) is 0 Å². The van der Waals surface area contributed by atoms with E-state index in [0.29, 0.717) is 24.1 Å². The second kappa shape index (κ2) is 5.27. The van der Waals surface area contributed by atoms with Gasteiger partial charge < -0.3 is 9.63 Å². The van der Waals surface area contributed by atoms with Gasteiger partial charge in [-0.25, -0.2) is 0 Å². The number of pyridine rings is 1. The van der Waals surface area contributed by atoms with E-state index >= 15 is 0 Å². The van der Waals surface area contributed by atoms with Gasteiger partial charge in [0.2, 0.25) is 11.7 Å². The lowest BCUT2D eigenvalue weighted by Gasteiger charge is -2.10. The van der Waals surface area contributed by atoms with E-state index in [-0.39, 0.29) is 5.92 Å². The summed E-state index contributed by atoms with van der Waals surface area (Å²) < 4.78 is 5.34. The molecule has 1 aliphatic rings. The predicted molar refractivity (Wildman–Crippen MR) is 74.5 cm³/mol. The van der Waals surface area contributed by atoms with E-state index in [9.17, 15) is 9.90 Å². The molecule has 1 N–H and O–H groups in total. The second-order valence-electron chi connectivity index (χ2n) is 5.77. The number of carboxylic acids is 1. The van der Waals surface area contributed by atoms with E-state index in [1.54, 1.807) is 12.4 Å². The van der Waals surface area contributed by atoms with E-state index in [0.717, 1.165) is 17.5 Å². The molecule has 0 radical (unpaired) electrons. The number of carboxylic acid groups (broad SMARTS) is 1. The molecular formula is C15H17N3O3. The quantitative estimate of drug-likeness (QED) is 0.933. The van der Waals surface area contributed by atoms with Crippen LogP contribution in [-0.4, -0.2) is 26.2 Å². The summed E-state index contributed by atoms with van der Waals surface area (Å²) in [5.74, 6) is -0.141. The number of rotatable bonds is 3. The van der Waals surface area contributed by atoms with E-state index < -0.39 is 11.9 Å². The molecule has 3 atom stereocenters. The van der Waals surface area contributed by atoms with Crippen LogP contribution in [-0.2, 0) is 4.79 Å². The first kappa shape index (κ1) is 13.7. The van der Waals surface area contributed by atoms with Crippen LogP contribution in [0.3, 0.4) is 0 Å². The summed E-state index contributed by atoms with van der Waals surface area (Å²) in [4.78, 5) is 19.8. The Morgan fingerprint density at radius 3 is 2.95 bits per heavy atom. The molecule has 1 fully saturated rings. The third-order valence-electron chi connectivity index (χ3n) is 4.14. The monoisotopic (exact) mass is 287 g/mol. The van der Waals surface area contributed by atoms with Gasteiger partial charge in [0.05, 0.1) is 11.8 Å². The molecule has 1 aliphatic carbocycles. The van der Waals surface area contributed by atoms with Crippen LogP contribution >= 0.6 is 0 Å². The minimum absolute atomic E-state index is 0.194. The summed E-state index contributed by atoms with van der Waals surface area (Å²) in [5.41, 5.74) is 1.82. The predicted octanol–water partition coefficient (Wildman–Crippen LogP) is 2.65. The number of aliphatic carboxylic acids is 1. The first-order chi connectivity index (χ1) is 10.1. The molecule has 0 aliphatic heterocycles. The van der Waals surface area contributed by atoms with Crippen LogP contribution < -0.4 is 0 Å². The van der Waals surface area contributed by atoms with Crippen molar-refractivity contribution in [1.29, 1.82) is 0 Å². The molecule has 0 bridgehead atoms. The second-order valence-corrected chi connectivity index (χ2v) is 5.77. The minimum atomic E-state index is -0.788. The van der Waals surface area contributed by atoms with Crippen molar-refractivity contribution in [2.24, 2.45) is 11.8 Å². The van der Waals surface area contributed by atoms with E-state index in [1.807, 2.05) is 13.0 Å². The summed E-state index contributed by atoms with van der Waals surface area (Å²) >= 11 is 0. The molecule has 2 aromatic rings. The van der Waals surface area contributed by atoms with Gasteiger partial charge in [0, 0.05) is 18.0 Å². The van der Waals surface area contributed by atoms with Crippen LogP contribution in [0, 0.1) is 18.8 Å². The lowest BCUT2D eigenvalue weighted by Crippen LogP contribution is -2.17. The maximum atomic E-state index is 11.4. The van der Waals surface area contributed by atoms with E-state index in [1.165, 1.54) is 0 Å². The van der Waals surface area contributed by atoms with Crippen molar-refractivity contribution < 1.29 is 14.4 Å². The average molecular weight is 287 g/mol. The van der Waals surface area contributed by atoms with Gasteiger partial charge in [-0.15, -0.1) is 0 Å². The molecule has 6 heteroatoms. The Balaban J connectivity index is 1.92. The normalized spacial score (nSPS) is 25.1. The number of aryl methyl sites for hydroxylation is 1. The summed E-state index contributed by atoms with van der Waals surface area (Å²) in [6, 6.07) is 1.83. The molecule has 21 heavy (non-hydrogen) atoms. The van der Waals surface area contributed by atoms with Gasteiger partial charge in [0.1, 0.15) is 0 Å². The number of nitrogens with zero attached hydrogens (tertiary/aromatic N) is 3. The molecule has 0 aromatic carbocycles. The number of hydrogen-bond acceptors (Lipinski definition) is 5. The van der Waals surface area contributed by atoms with Gasteiger partial charge in [0.25, 0.3) is 0 Å². The average Bonchev–Trinajstić information content (AvgIpc) is 3.05. The highest BCUT2D eigenvalue weighted by Gasteiger charge is 2.41. The smallest absolute Gasteiger partial charge is 0.307 e. The largest absolute Gasteiger partial charge is 0.481 e. The SMILES string of the molecule is Cc1cnccc1-c1noc(C2CC(C)CC2C(=O)O)n1. The van der Waals surface area contributed by atoms with E-state index in [2.05, 4.69) is 22.0 Å². The van der Waals surface area contributed by atoms with Gasteiger partial charge in [0.15, 0.2) is 0 Å². The summed E-state index contributed by atoms with van der Waals surface area (Å²) in [6.45, 7) is 3.98. The van der Waals surface area contributed by atoms with Crippen molar-refractivity contribution in [1.82, 2.24) is 15.1 Å². The van der Waals surface area contributed by atoms with Crippen LogP contribution in [0.15, 0.2) is 23.0 Å². The summed E-state index contributed by atoms with van der Waals surface area (Å²) in [6.07, 6.45) is 4.85. The van der Waals surface area contributed by atoms with Gasteiger partial charge in [-0.05, 0) is 37.3 Å². The van der Waals surface area contributed by atoms with Crippen molar-refractivity contribution in [3.8, 4) is 11.4 Å². The highest BCUT2D eigenvalue weighted by molar-refractivity contribution is 5.71. The van der Waals surface area contributed by atoms with Gasteiger partial charge in [-0.1, -0.05) is 12.1 Å². The zero-order valence-electron chi connectivity index (χ0n) is 12.0. The van der Waals surface area contributed by atoms with Crippen molar-refractivity contribution in [3.63, 3.8) is 0 Å². The Morgan fingerprint density at radius 1 is 1.43 bits per heavy atom. The first-order valence-electron chi connectivity index (χ1n) is 7.03. The number of carbonyl (C=O) groups is 1. The fourth-order valence-electron chi connectivity index (χ4n) is 3.06. The van der Waals surface area contributed by atoms with Gasteiger partial charge in [-0.3, -0.25) is 9.78 Å². The molecule has 0 amide bonds. The van der Waals surface area contributed by atoms with Crippen LogP contribution in [0.25, 0.3) is 11.4 Å². The molecule has 2 heterocycles. The zero-order chi connectivity index (χ0) is 15.0. The molecule has 1 saturated carbocycles. The zero-order valence-corrected chi connectivity index (χ0v) is 12.0. The van der Waals surface area contributed by atoms with Gasteiger partial charge in [-0.2, -0.15) is 4.98 Å². The molecular weight excluding hydrogens is 270 g/mol. The van der Waals surface area contributed by atoms with Crippen molar-refractivity contribution >= 4 is 5.97 Å². The summed E-state index contributed by atoms with van der Waals surface area (Å²) in [5, 5.41) is 13.3. The lowest BCUT2D eigenvalue weighted by atomic mass is 9.96. The minimum Gasteiger partial charge on any atom is -0.481 e. The third-order valence-corrected chi connectivity index (χ3v) is 4.14. The van der Waals surface area contributed by atoms with Crippen LogP contribution in [0.4, 0.5) is 0 Å². The Morgan fingerprint density at radius 2 is 2.24 bits per heavy atom. The highest BCUT2D eigenvalue weighted by atomic mass is 16.5. The van der Waals surface area contributed by atoms with Crippen LogP contribution in [0.2, 0.25) is 0 Å². The van der Waals surface area contributed by atoms with Crippen LogP contribution in [0.1, 0.15) is 37.1 Å². The molecule has 110 valence electrons. The molecule has 3 unspecified atom stereocenters. The number of aromatic nitrogens is 3. The Labute approximate surface area is 122 Å². The fourth-order valence-corrected chi connectivity index (χ4v) is 3.06. The molecule has 0 saturated heterocycles. The van der Waals surface area contributed by atoms with Gasteiger partial charge >= 0.3 is 5.97 Å². The topological polar surface area (TPSA) is 89.1 Å². The van der Waals surface area contributed by atoms with Crippen molar-refractivity contribution in [2.45, 2.75) is 32.6 Å². The molecule has 6 nitrogen and oxygen atoms in total. The highest BCUT2D eigenvalue weighted by Crippen LogP contribution is 2.42.